The minimum Gasteiger partial charge on any atom is -0.393 e. The van der Waals surface area contributed by atoms with Crippen molar-refractivity contribution >= 4 is 50.5 Å². The standard InChI is InChI=1S/C20H23Cl2N3O4S/c1-30(28,29)17-8-5-14(10-16(17)21)25(19-12-23-18(22)11-24-19)20(27)9-4-13-2-6-15(26)7-3-13/h5,8,10-13,15,26H,2-4,6-7,9H2,1H3. The van der Waals surface area contributed by atoms with Crippen molar-refractivity contribution in [2.24, 2.45) is 5.92 Å². The zero-order valence-corrected chi connectivity index (χ0v) is 18.8. The molecule has 1 aromatic carbocycles. The fourth-order valence-corrected chi connectivity index (χ4v) is 5.05. The molecule has 1 aliphatic carbocycles. The number of rotatable bonds is 6. The summed E-state index contributed by atoms with van der Waals surface area (Å²) >= 11 is 12.0. The van der Waals surface area contributed by atoms with E-state index in [1.807, 2.05) is 0 Å². The van der Waals surface area contributed by atoms with E-state index in [0.717, 1.165) is 31.9 Å². The van der Waals surface area contributed by atoms with E-state index in [2.05, 4.69) is 9.97 Å². The highest BCUT2D eigenvalue weighted by Gasteiger charge is 2.25. The van der Waals surface area contributed by atoms with Crippen LogP contribution in [0.5, 0.6) is 0 Å². The molecule has 1 heterocycles. The number of anilines is 2. The molecule has 0 radical (unpaired) electrons. The molecular formula is C20H23Cl2N3O4S. The summed E-state index contributed by atoms with van der Waals surface area (Å²) in [6.45, 7) is 0. The first-order valence-corrected chi connectivity index (χ1v) is 12.3. The van der Waals surface area contributed by atoms with Gasteiger partial charge in [0, 0.05) is 12.7 Å². The Bertz CT molecular complexity index is 1010. The van der Waals surface area contributed by atoms with Crippen LogP contribution < -0.4 is 4.90 Å². The quantitative estimate of drug-likeness (QED) is 0.677. The maximum absolute atomic E-state index is 13.1. The van der Waals surface area contributed by atoms with Gasteiger partial charge >= 0.3 is 0 Å². The Labute approximate surface area is 186 Å². The van der Waals surface area contributed by atoms with Crippen molar-refractivity contribution in [2.75, 3.05) is 11.2 Å². The number of hydrogen-bond donors (Lipinski definition) is 1. The molecule has 1 aliphatic rings. The third kappa shape index (κ3) is 5.69. The number of aliphatic hydroxyl groups is 1. The van der Waals surface area contributed by atoms with Crippen LogP contribution in [0.2, 0.25) is 10.2 Å². The number of aliphatic hydroxyl groups excluding tert-OH is 1. The predicted molar refractivity (Wildman–Crippen MR) is 116 cm³/mol. The van der Waals surface area contributed by atoms with Crippen LogP contribution in [0.1, 0.15) is 38.5 Å². The first-order chi connectivity index (χ1) is 14.1. The van der Waals surface area contributed by atoms with Crippen molar-refractivity contribution in [1.29, 1.82) is 0 Å². The molecule has 1 aromatic heterocycles. The summed E-state index contributed by atoms with van der Waals surface area (Å²) in [5.41, 5.74) is 0.396. The second-order valence-electron chi connectivity index (χ2n) is 7.53. The zero-order valence-electron chi connectivity index (χ0n) is 16.5. The highest BCUT2D eigenvalue weighted by molar-refractivity contribution is 7.90. The number of benzene rings is 1. The second-order valence-corrected chi connectivity index (χ2v) is 10.3. The Morgan fingerprint density at radius 2 is 1.87 bits per heavy atom. The van der Waals surface area contributed by atoms with Crippen molar-refractivity contribution in [1.82, 2.24) is 9.97 Å². The molecule has 0 atom stereocenters. The lowest BCUT2D eigenvalue weighted by Gasteiger charge is -2.27. The van der Waals surface area contributed by atoms with Gasteiger partial charge in [0.25, 0.3) is 0 Å². The van der Waals surface area contributed by atoms with Crippen molar-refractivity contribution in [2.45, 2.75) is 49.5 Å². The predicted octanol–water partition coefficient (Wildman–Crippen LogP) is 4.18. The van der Waals surface area contributed by atoms with E-state index in [4.69, 9.17) is 23.2 Å². The van der Waals surface area contributed by atoms with Crippen molar-refractivity contribution in [3.8, 4) is 0 Å². The summed E-state index contributed by atoms with van der Waals surface area (Å²) in [5.74, 6) is 0.444. The first kappa shape index (κ1) is 22.9. The number of hydrogen-bond acceptors (Lipinski definition) is 6. The van der Waals surface area contributed by atoms with Crippen LogP contribution in [0.25, 0.3) is 0 Å². The molecule has 162 valence electrons. The fraction of sp³-hybridized carbons (Fsp3) is 0.450. The Hall–Kier alpha value is -1.74. The minimum absolute atomic E-state index is 0.0109. The van der Waals surface area contributed by atoms with Gasteiger partial charge in [-0.2, -0.15) is 0 Å². The summed E-state index contributed by atoms with van der Waals surface area (Å²) in [7, 11) is -3.50. The van der Waals surface area contributed by atoms with Gasteiger partial charge in [-0.15, -0.1) is 0 Å². The highest BCUT2D eigenvalue weighted by Crippen LogP contribution is 2.33. The number of carbonyl (C=O) groups excluding carboxylic acids is 1. The highest BCUT2D eigenvalue weighted by atomic mass is 35.5. The van der Waals surface area contributed by atoms with Gasteiger partial charge < -0.3 is 5.11 Å². The Kier molecular flexibility index (Phi) is 7.34. The number of sulfone groups is 1. The topological polar surface area (TPSA) is 100 Å². The number of amides is 1. The molecule has 0 spiro atoms. The number of nitrogens with zero attached hydrogens (tertiary/aromatic N) is 3. The molecule has 2 aromatic rings. The first-order valence-electron chi connectivity index (χ1n) is 9.63. The van der Waals surface area contributed by atoms with Gasteiger partial charge in [-0.05, 0) is 56.2 Å². The average Bonchev–Trinajstić information content (AvgIpc) is 2.68. The van der Waals surface area contributed by atoms with E-state index >= 15 is 0 Å². The molecule has 7 nitrogen and oxygen atoms in total. The lowest BCUT2D eigenvalue weighted by molar-refractivity contribution is -0.118. The van der Waals surface area contributed by atoms with Gasteiger partial charge in [0.1, 0.15) is 5.15 Å². The second kappa shape index (κ2) is 9.60. The van der Waals surface area contributed by atoms with Crippen LogP contribution in [0.15, 0.2) is 35.5 Å². The zero-order chi connectivity index (χ0) is 21.9. The van der Waals surface area contributed by atoms with Crippen molar-refractivity contribution in [3.05, 3.63) is 40.8 Å². The van der Waals surface area contributed by atoms with Gasteiger partial charge in [-0.1, -0.05) is 23.2 Å². The largest absolute Gasteiger partial charge is 0.393 e. The minimum atomic E-state index is -3.50. The van der Waals surface area contributed by atoms with Gasteiger partial charge in [0.05, 0.1) is 34.1 Å². The molecule has 30 heavy (non-hydrogen) atoms. The number of carbonyl (C=O) groups is 1. The molecular weight excluding hydrogens is 449 g/mol. The Morgan fingerprint density at radius 1 is 1.17 bits per heavy atom. The lowest BCUT2D eigenvalue weighted by atomic mass is 9.84. The average molecular weight is 472 g/mol. The number of aromatic nitrogens is 2. The normalized spacial score (nSPS) is 19.5. The summed E-state index contributed by atoms with van der Waals surface area (Å²) < 4.78 is 23.7. The third-order valence-electron chi connectivity index (χ3n) is 5.24. The van der Waals surface area contributed by atoms with Crippen molar-refractivity contribution < 1.29 is 18.3 Å². The molecule has 3 rings (SSSR count). The molecule has 0 unspecified atom stereocenters. The van der Waals surface area contributed by atoms with Gasteiger partial charge in [-0.25, -0.2) is 18.4 Å². The lowest BCUT2D eigenvalue weighted by Crippen LogP contribution is -2.28. The van der Waals surface area contributed by atoms with E-state index in [9.17, 15) is 18.3 Å². The molecule has 0 aliphatic heterocycles. The molecule has 1 N–H and O–H groups in total. The van der Waals surface area contributed by atoms with Crippen LogP contribution in [-0.4, -0.2) is 41.8 Å². The molecule has 0 bridgehead atoms. The molecule has 1 fully saturated rings. The molecule has 10 heteroatoms. The van der Waals surface area contributed by atoms with E-state index in [1.165, 1.54) is 35.5 Å². The molecule has 0 saturated heterocycles. The van der Waals surface area contributed by atoms with Crippen LogP contribution in [0, 0.1) is 5.92 Å². The summed E-state index contributed by atoms with van der Waals surface area (Å²) in [6, 6.07) is 4.33. The summed E-state index contributed by atoms with van der Waals surface area (Å²) in [6.07, 6.45) is 7.82. The van der Waals surface area contributed by atoms with E-state index < -0.39 is 9.84 Å². The van der Waals surface area contributed by atoms with E-state index in [1.54, 1.807) is 0 Å². The molecule has 1 amide bonds. The number of halogens is 2. The van der Waals surface area contributed by atoms with E-state index in [0.29, 0.717) is 18.0 Å². The van der Waals surface area contributed by atoms with Crippen molar-refractivity contribution in [3.63, 3.8) is 0 Å². The van der Waals surface area contributed by atoms with E-state index in [-0.39, 0.29) is 39.3 Å². The maximum atomic E-state index is 13.1. The fourth-order valence-electron chi connectivity index (χ4n) is 3.63. The molecule has 1 saturated carbocycles. The smallest absolute Gasteiger partial charge is 0.232 e. The van der Waals surface area contributed by atoms with Crippen LogP contribution in [0.3, 0.4) is 0 Å². The summed E-state index contributed by atoms with van der Waals surface area (Å²) in [5, 5.41) is 9.88. The Balaban J connectivity index is 1.86. The third-order valence-corrected chi connectivity index (χ3v) is 7.02. The van der Waals surface area contributed by atoms with Gasteiger partial charge in [0.2, 0.25) is 5.91 Å². The van der Waals surface area contributed by atoms with Gasteiger partial charge in [0.15, 0.2) is 15.7 Å². The van der Waals surface area contributed by atoms with Crippen LogP contribution in [-0.2, 0) is 14.6 Å². The monoisotopic (exact) mass is 471 g/mol. The van der Waals surface area contributed by atoms with Crippen LogP contribution >= 0.6 is 23.2 Å². The van der Waals surface area contributed by atoms with Crippen LogP contribution in [0.4, 0.5) is 11.5 Å². The maximum Gasteiger partial charge on any atom is 0.232 e. The Morgan fingerprint density at radius 3 is 2.43 bits per heavy atom. The summed E-state index contributed by atoms with van der Waals surface area (Å²) in [4.78, 5) is 22.7. The van der Waals surface area contributed by atoms with Gasteiger partial charge in [-0.3, -0.25) is 9.69 Å². The SMILES string of the molecule is CS(=O)(=O)c1ccc(N(C(=O)CCC2CCC(O)CC2)c2cnc(Cl)cn2)cc1Cl.